The highest BCUT2D eigenvalue weighted by atomic mass is 35.5. The first-order chi connectivity index (χ1) is 10.6. The van der Waals surface area contributed by atoms with Gasteiger partial charge in [-0.15, -0.1) is 0 Å². The van der Waals surface area contributed by atoms with Crippen LogP contribution in [0.2, 0.25) is 5.15 Å². The van der Waals surface area contributed by atoms with Gasteiger partial charge < -0.3 is 5.32 Å². The Bertz CT molecular complexity index is 839. The quantitative estimate of drug-likeness (QED) is 0.756. The molecule has 0 aliphatic heterocycles. The van der Waals surface area contributed by atoms with Crippen LogP contribution in [-0.4, -0.2) is 27.5 Å². The third kappa shape index (κ3) is 2.67. The molecule has 0 bridgehead atoms. The molecule has 0 aliphatic rings. The number of rotatable bonds is 3. The largest absolute Gasteiger partial charge is 0.358 e. The summed E-state index contributed by atoms with van der Waals surface area (Å²) in [7, 11) is 1.60. The minimum absolute atomic E-state index is 0.116. The lowest BCUT2D eigenvalue weighted by atomic mass is 10.1. The van der Waals surface area contributed by atoms with Crippen molar-refractivity contribution in [3.63, 3.8) is 0 Å². The van der Waals surface area contributed by atoms with Gasteiger partial charge in [0.05, 0.1) is 0 Å². The molecule has 22 heavy (non-hydrogen) atoms. The van der Waals surface area contributed by atoms with Gasteiger partial charge in [-0.25, -0.2) is 9.97 Å². The predicted octanol–water partition coefficient (Wildman–Crippen LogP) is 2.81. The summed E-state index contributed by atoms with van der Waals surface area (Å²) >= 11 is 5.98. The lowest BCUT2D eigenvalue weighted by molar-refractivity contribution is -0.121. The Morgan fingerprint density at radius 3 is 2.59 bits per heavy atom. The van der Waals surface area contributed by atoms with E-state index in [0.29, 0.717) is 22.1 Å². The highest BCUT2D eigenvalue weighted by molar-refractivity contribution is 6.29. The molecule has 0 spiro atoms. The summed E-state index contributed by atoms with van der Waals surface area (Å²) in [6.45, 7) is 2.17. The summed E-state index contributed by atoms with van der Waals surface area (Å²) in [6.07, 6.45) is 0. The van der Waals surface area contributed by atoms with Crippen LogP contribution in [0, 0.1) is 6.92 Å². The van der Waals surface area contributed by atoms with Gasteiger partial charge in [-0.3, -0.25) is 9.36 Å². The molecule has 112 valence electrons. The topological polar surface area (TPSA) is 59.8 Å². The highest BCUT2D eigenvalue weighted by Gasteiger charge is 2.16. The minimum Gasteiger partial charge on any atom is -0.358 e. The number of halogens is 1. The van der Waals surface area contributed by atoms with Crippen molar-refractivity contribution in [1.29, 1.82) is 0 Å². The fraction of sp³-hybridized carbons (Fsp3) is 0.188. The smallest absolute Gasteiger partial charge is 0.239 e. The van der Waals surface area contributed by atoms with Crippen LogP contribution in [0.15, 0.2) is 36.4 Å². The van der Waals surface area contributed by atoms with Crippen LogP contribution in [0.5, 0.6) is 0 Å². The van der Waals surface area contributed by atoms with Crippen LogP contribution >= 0.6 is 11.6 Å². The van der Waals surface area contributed by atoms with Gasteiger partial charge in [-0.2, -0.15) is 0 Å². The number of nitrogens with zero attached hydrogens (tertiary/aromatic N) is 3. The average Bonchev–Trinajstić information content (AvgIpc) is 2.86. The van der Waals surface area contributed by atoms with Crippen LogP contribution in [0.25, 0.3) is 22.6 Å². The van der Waals surface area contributed by atoms with Crippen LogP contribution in [0.1, 0.15) is 5.56 Å². The van der Waals surface area contributed by atoms with E-state index in [0.717, 1.165) is 5.56 Å². The van der Waals surface area contributed by atoms with Crippen molar-refractivity contribution in [1.82, 2.24) is 19.9 Å². The number of nitrogens with one attached hydrogen (secondary N) is 1. The molecule has 0 unspecified atom stereocenters. The first-order valence-electron chi connectivity index (χ1n) is 6.89. The zero-order valence-electron chi connectivity index (χ0n) is 12.3. The molecular weight excluding hydrogens is 300 g/mol. The van der Waals surface area contributed by atoms with Crippen molar-refractivity contribution in [2.45, 2.75) is 13.5 Å². The van der Waals surface area contributed by atoms with Crippen molar-refractivity contribution in [2.75, 3.05) is 7.05 Å². The molecule has 2 heterocycles. The Morgan fingerprint density at radius 2 is 1.91 bits per heavy atom. The fourth-order valence-corrected chi connectivity index (χ4v) is 2.42. The molecule has 0 radical (unpaired) electrons. The zero-order chi connectivity index (χ0) is 15.7. The van der Waals surface area contributed by atoms with E-state index in [1.165, 1.54) is 5.56 Å². The summed E-state index contributed by atoms with van der Waals surface area (Å²) in [5.74, 6) is 0.586. The summed E-state index contributed by atoms with van der Waals surface area (Å²) < 4.78 is 1.78. The number of carbonyl (C=O) groups excluding carboxylic acids is 1. The van der Waals surface area contributed by atoms with Crippen LogP contribution in [0.4, 0.5) is 0 Å². The monoisotopic (exact) mass is 314 g/mol. The molecule has 3 rings (SSSR count). The van der Waals surface area contributed by atoms with Crippen molar-refractivity contribution in [3.05, 3.63) is 47.1 Å². The molecule has 1 aromatic carbocycles. The van der Waals surface area contributed by atoms with E-state index in [2.05, 4.69) is 15.3 Å². The molecule has 5 nitrogen and oxygen atoms in total. The van der Waals surface area contributed by atoms with Gasteiger partial charge in [0, 0.05) is 12.6 Å². The first kappa shape index (κ1) is 14.5. The number of pyridine rings is 1. The highest BCUT2D eigenvalue weighted by Crippen LogP contribution is 2.25. The van der Waals surface area contributed by atoms with Crippen molar-refractivity contribution < 1.29 is 4.79 Å². The summed E-state index contributed by atoms with van der Waals surface area (Å²) in [5.41, 5.74) is 3.41. The van der Waals surface area contributed by atoms with E-state index in [1.54, 1.807) is 17.7 Å². The Hall–Kier alpha value is -2.40. The molecule has 2 aromatic heterocycles. The maximum atomic E-state index is 11.8. The van der Waals surface area contributed by atoms with Crippen LogP contribution < -0.4 is 5.32 Å². The maximum Gasteiger partial charge on any atom is 0.239 e. The number of likely N-dealkylation sites (N-methyl/N-ethyl adjacent to an activating group) is 1. The summed E-state index contributed by atoms with van der Waals surface area (Å²) in [4.78, 5) is 20.7. The average molecular weight is 315 g/mol. The number of carbonyl (C=O) groups is 1. The van der Waals surface area contributed by atoms with Gasteiger partial charge in [0.25, 0.3) is 0 Å². The molecule has 1 amide bonds. The van der Waals surface area contributed by atoms with Gasteiger partial charge in [0.15, 0.2) is 5.65 Å². The van der Waals surface area contributed by atoms with Gasteiger partial charge in [0.1, 0.15) is 23.0 Å². The van der Waals surface area contributed by atoms with Gasteiger partial charge in [-0.1, -0.05) is 41.4 Å². The first-order valence-corrected chi connectivity index (χ1v) is 7.26. The van der Waals surface area contributed by atoms with E-state index in [-0.39, 0.29) is 12.5 Å². The van der Waals surface area contributed by atoms with E-state index in [9.17, 15) is 4.79 Å². The standard InChI is InChI=1S/C16H15ClN4O/c1-10-3-5-11(6-4-10)15-19-12-7-8-13(17)20-16(12)21(15)9-14(22)18-2/h3-8H,9H2,1-2H3,(H,18,22). The zero-order valence-corrected chi connectivity index (χ0v) is 13.1. The number of imidazole rings is 1. The van der Waals surface area contributed by atoms with E-state index in [1.807, 2.05) is 37.3 Å². The lowest BCUT2D eigenvalue weighted by Gasteiger charge is -2.08. The molecule has 0 atom stereocenters. The van der Waals surface area contributed by atoms with Gasteiger partial charge in [-0.05, 0) is 19.1 Å². The van der Waals surface area contributed by atoms with E-state index >= 15 is 0 Å². The van der Waals surface area contributed by atoms with Crippen LogP contribution in [-0.2, 0) is 11.3 Å². The third-order valence-electron chi connectivity index (χ3n) is 3.45. The molecule has 3 aromatic rings. The fourth-order valence-electron chi connectivity index (χ4n) is 2.27. The number of hydrogen-bond acceptors (Lipinski definition) is 3. The summed E-state index contributed by atoms with van der Waals surface area (Å²) in [5, 5.41) is 3.00. The number of amides is 1. The lowest BCUT2D eigenvalue weighted by Crippen LogP contribution is -2.24. The Labute approximate surface area is 133 Å². The van der Waals surface area contributed by atoms with Crippen LogP contribution in [0.3, 0.4) is 0 Å². The molecule has 1 N–H and O–H groups in total. The van der Waals surface area contributed by atoms with E-state index < -0.39 is 0 Å². The van der Waals surface area contributed by atoms with Gasteiger partial charge in [0.2, 0.25) is 5.91 Å². The predicted molar refractivity (Wildman–Crippen MR) is 86.8 cm³/mol. The Kier molecular flexibility index (Phi) is 3.81. The number of aryl methyl sites for hydroxylation is 1. The molecular formula is C16H15ClN4O. The number of aromatic nitrogens is 3. The SMILES string of the molecule is CNC(=O)Cn1c(-c2ccc(C)cc2)nc2ccc(Cl)nc21. The van der Waals surface area contributed by atoms with Crippen molar-refractivity contribution in [2.24, 2.45) is 0 Å². The molecule has 0 fully saturated rings. The van der Waals surface area contributed by atoms with Crippen molar-refractivity contribution >= 4 is 28.7 Å². The molecule has 0 saturated carbocycles. The minimum atomic E-state index is -0.116. The van der Waals surface area contributed by atoms with Gasteiger partial charge >= 0.3 is 0 Å². The molecule has 0 aliphatic carbocycles. The summed E-state index contributed by atoms with van der Waals surface area (Å²) in [6, 6.07) is 11.5. The number of hydrogen-bond donors (Lipinski definition) is 1. The van der Waals surface area contributed by atoms with E-state index in [4.69, 9.17) is 11.6 Å². The third-order valence-corrected chi connectivity index (χ3v) is 3.66. The second kappa shape index (κ2) is 5.77. The Balaban J connectivity index is 2.21. The second-order valence-electron chi connectivity index (χ2n) is 5.04. The number of fused-ring (bicyclic) bond motifs is 1. The molecule has 6 heteroatoms. The molecule has 0 saturated heterocycles. The second-order valence-corrected chi connectivity index (χ2v) is 5.42. The van der Waals surface area contributed by atoms with Crippen molar-refractivity contribution in [3.8, 4) is 11.4 Å². The maximum absolute atomic E-state index is 11.8. The normalized spacial score (nSPS) is 10.9. The Morgan fingerprint density at radius 1 is 1.18 bits per heavy atom. The number of benzene rings is 1.